The smallest absolute Gasteiger partial charge is 0.422 e. The second kappa shape index (κ2) is 14.8. The van der Waals surface area contributed by atoms with E-state index in [1.165, 1.54) is 45.9 Å². The lowest BCUT2D eigenvalue weighted by molar-refractivity contribution is -0.384. The van der Waals surface area contributed by atoms with E-state index in [-0.39, 0.29) is 54.2 Å². The highest BCUT2D eigenvalue weighted by Gasteiger charge is 2.57. The zero-order valence-electron chi connectivity index (χ0n) is 28.4. The number of halogens is 3. The van der Waals surface area contributed by atoms with E-state index in [1.807, 2.05) is 0 Å². The molecule has 0 radical (unpaired) electrons. The molecule has 2 atom stereocenters. The Labute approximate surface area is 297 Å². The predicted molar refractivity (Wildman–Crippen MR) is 183 cm³/mol. The third-order valence-electron chi connectivity index (χ3n) is 9.94. The molecule has 0 aliphatic carbocycles. The van der Waals surface area contributed by atoms with Gasteiger partial charge in [-0.3, -0.25) is 24.6 Å². The Bertz CT molecular complexity index is 1940. The second-order valence-corrected chi connectivity index (χ2v) is 13.4. The quantitative estimate of drug-likeness (QED) is 0.144. The van der Waals surface area contributed by atoms with Gasteiger partial charge in [-0.1, -0.05) is 30.3 Å². The van der Waals surface area contributed by atoms with Gasteiger partial charge in [0, 0.05) is 74.1 Å². The van der Waals surface area contributed by atoms with Crippen LogP contribution in [0.3, 0.4) is 0 Å². The number of amides is 1. The topological polar surface area (TPSA) is 148 Å². The largest absolute Gasteiger partial charge is 0.493 e. The monoisotopic (exact) mass is 724 g/mol. The summed E-state index contributed by atoms with van der Waals surface area (Å²) in [4.78, 5) is 38.6. The number of nitrogens with zero attached hydrogens (tertiary/aromatic N) is 4. The molecule has 2 unspecified atom stereocenters. The summed E-state index contributed by atoms with van der Waals surface area (Å²) in [5.41, 5.74) is -2.68. The Balaban J connectivity index is 1.17. The first-order chi connectivity index (χ1) is 24.8. The van der Waals surface area contributed by atoms with Gasteiger partial charge in [0.15, 0.2) is 11.5 Å². The van der Waals surface area contributed by atoms with E-state index in [0.29, 0.717) is 49.3 Å². The van der Waals surface area contributed by atoms with Crippen molar-refractivity contribution in [2.45, 2.75) is 50.1 Å². The van der Waals surface area contributed by atoms with Gasteiger partial charge < -0.3 is 29.2 Å². The van der Waals surface area contributed by atoms with E-state index in [1.54, 1.807) is 42.5 Å². The van der Waals surface area contributed by atoms with E-state index in [2.05, 4.69) is 0 Å². The average molecular weight is 725 g/mol. The number of aliphatic carboxylic acids is 1. The Morgan fingerprint density at radius 2 is 1.71 bits per heavy atom. The number of hydrogen-bond donors (Lipinski definition) is 2. The third kappa shape index (κ3) is 7.55. The minimum absolute atomic E-state index is 0.0654. The molecule has 4 aromatic rings. The molecule has 0 spiro atoms. The first-order valence-corrected chi connectivity index (χ1v) is 17.0. The average Bonchev–Trinajstić information content (AvgIpc) is 3.50. The van der Waals surface area contributed by atoms with Gasteiger partial charge >= 0.3 is 12.1 Å². The maximum absolute atomic E-state index is 14.9. The minimum Gasteiger partial charge on any atom is -0.493 e. The highest BCUT2D eigenvalue weighted by Crippen LogP contribution is 2.44. The van der Waals surface area contributed by atoms with Crippen molar-refractivity contribution in [1.82, 2.24) is 14.4 Å². The fourth-order valence-electron chi connectivity index (χ4n) is 7.09. The Morgan fingerprint density at radius 1 is 0.981 bits per heavy atom. The maximum Gasteiger partial charge on any atom is 0.422 e. The van der Waals surface area contributed by atoms with Gasteiger partial charge in [0.2, 0.25) is 5.60 Å². The molecule has 0 bridgehead atoms. The van der Waals surface area contributed by atoms with E-state index >= 15 is 0 Å². The van der Waals surface area contributed by atoms with Crippen LogP contribution in [0.15, 0.2) is 72.9 Å². The van der Waals surface area contributed by atoms with E-state index in [4.69, 9.17) is 9.47 Å². The maximum atomic E-state index is 14.9. The van der Waals surface area contributed by atoms with Crippen molar-refractivity contribution in [3.8, 4) is 11.5 Å². The fraction of sp³-hybridized carbons (Fsp3) is 0.405. The molecule has 276 valence electrons. The van der Waals surface area contributed by atoms with Crippen molar-refractivity contribution < 1.29 is 47.4 Å². The lowest BCUT2D eigenvalue weighted by Gasteiger charge is -2.39. The number of alkyl halides is 3. The summed E-state index contributed by atoms with van der Waals surface area (Å²) in [5, 5.41) is 32.6. The first kappa shape index (κ1) is 36.6. The van der Waals surface area contributed by atoms with E-state index in [0.717, 1.165) is 11.6 Å². The molecule has 0 saturated carbocycles. The summed E-state index contributed by atoms with van der Waals surface area (Å²) >= 11 is 0. The number of carbonyl (C=O) groups excluding carboxylic acids is 1. The predicted octanol–water partition coefficient (Wildman–Crippen LogP) is 5.84. The van der Waals surface area contributed by atoms with Gasteiger partial charge in [0.1, 0.15) is 6.10 Å². The normalized spacial score (nSPS) is 18.6. The summed E-state index contributed by atoms with van der Waals surface area (Å²) in [5.74, 6) is -1.23. The van der Waals surface area contributed by atoms with Gasteiger partial charge in [-0.15, -0.1) is 0 Å². The molecule has 2 saturated heterocycles. The number of β-amino-alcohol motifs (C(OH)–C–C–N with tert-alkyl or cyclic N) is 1. The van der Waals surface area contributed by atoms with Crippen LogP contribution < -0.4 is 9.47 Å². The number of carboxylic acids is 1. The number of non-ortho nitro benzene ring substituents is 1. The van der Waals surface area contributed by atoms with Gasteiger partial charge in [-0.25, -0.2) is 0 Å². The molecule has 2 N–H and O–H groups in total. The molecule has 6 rings (SSSR count). The van der Waals surface area contributed by atoms with Crippen LogP contribution in [0.2, 0.25) is 0 Å². The number of piperidine rings is 2. The minimum atomic E-state index is -5.08. The molecule has 1 amide bonds. The highest BCUT2D eigenvalue weighted by molar-refractivity contribution is 5.95. The summed E-state index contributed by atoms with van der Waals surface area (Å²) in [6.07, 6.45) is -2.46. The van der Waals surface area contributed by atoms with Crippen molar-refractivity contribution in [2.24, 2.45) is 5.92 Å². The van der Waals surface area contributed by atoms with Crippen molar-refractivity contribution in [2.75, 3.05) is 39.8 Å². The number of nitro groups is 1. The Hall–Kier alpha value is -5.15. The summed E-state index contributed by atoms with van der Waals surface area (Å²) < 4.78 is 58.0. The number of carbonyl (C=O) groups is 2. The first-order valence-electron chi connectivity index (χ1n) is 17.0. The number of benzene rings is 3. The number of nitro benzene ring substituents is 1. The van der Waals surface area contributed by atoms with Crippen LogP contribution >= 0.6 is 0 Å². The molecular weight excluding hydrogens is 685 g/mol. The van der Waals surface area contributed by atoms with Crippen molar-refractivity contribution in [3.63, 3.8) is 0 Å². The molecule has 52 heavy (non-hydrogen) atoms. The van der Waals surface area contributed by atoms with Crippen LogP contribution in [-0.4, -0.2) is 93.5 Å². The van der Waals surface area contributed by atoms with Crippen LogP contribution in [0, 0.1) is 16.0 Å². The molecular formula is C37H39F3N4O8. The summed E-state index contributed by atoms with van der Waals surface area (Å²) in [6.45, 7) is 0.297. The van der Waals surface area contributed by atoms with Gasteiger partial charge in [0.25, 0.3) is 11.6 Å². The van der Waals surface area contributed by atoms with Crippen LogP contribution in [-0.2, 0) is 16.9 Å². The second-order valence-electron chi connectivity index (χ2n) is 13.4. The van der Waals surface area contributed by atoms with Gasteiger partial charge in [0.05, 0.1) is 23.5 Å². The zero-order valence-corrected chi connectivity index (χ0v) is 28.4. The number of carboxylic acid groups (broad SMARTS) is 1. The summed E-state index contributed by atoms with van der Waals surface area (Å²) in [6, 6.07) is 17.3. The van der Waals surface area contributed by atoms with Gasteiger partial charge in [-0.2, -0.15) is 13.2 Å². The van der Waals surface area contributed by atoms with E-state index < -0.39 is 41.2 Å². The van der Waals surface area contributed by atoms with Crippen molar-refractivity contribution in [3.05, 3.63) is 99.7 Å². The van der Waals surface area contributed by atoms with Crippen LogP contribution in [0.25, 0.3) is 10.9 Å². The van der Waals surface area contributed by atoms with Crippen LogP contribution in [0.1, 0.15) is 47.2 Å². The zero-order chi connectivity index (χ0) is 37.2. The van der Waals surface area contributed by atoms with Crippen molar-refractivity contribution >= 4 is 28.5 Å². The number of likely N-dealkylation sites (tertiary alicyclic amines) is 2. The third-order valence-corrected chi connectivity index (χ3v) is 9.94. The molecule has 2 aliphatic rings. The summed E-state index contributed by atoms with van der Waals surface area (Å²) in [7, 11) is 1.42. The molecule has 3 aromatic carbocycles. The fourth-order valence-corrected chi connectivity index (χ4v) is 7.09. The number of methoxy groups -OCH3 is 1. The number of rotatable bonds is 11. The molecule has 15 heteroatoms. The van der Waals surface area contributed by atoms with Crippen molar-refractivity contribution in [1.29, 1.82) is 0 Å². The highest BCUT2D eigenvalue weighted by atomic mass is 19.4. The number of hydrogen-bond acceptors (Lipinski definition) is 8. The lowest BCUT2D eigenvalue weighted by Crippen LogP contribution is -2.53. The molecule has 2 aliphatic heterocycles. The SMILES string of the molecule is COc1cc(C(=O)N2CCCC(C(=O)O)C2)ccc1OC1CCN(CC(O)(c2cn(Cc3ccccc3)c3cc([N+](=O)[O-])ccc23)C(F)(F)F)CC1. The van der Waals surface area contributed by atoms with E-state index in [9.17, 15) is 43.1 Å². The number of ether oxygens (including phenoxy) is 2. The number of aromatic nitrogens is 1. The molecule has 1 aromatic heterocycles. The van der Waals surface area contributed by atoms with Crippen LogP contribution in [0.4, 0.5) is 18.9 Å². The van der Waals surface area contributed by atoms with Gasteiger partial charge in [-0.05, 0) is 55.5 Å². The molecule has 3 heterocycles. The molecule has 12 nitrogen and oxygen atoms in total. The number of fused-ring (bicyclic) bond motifs is 1. The standard InChI is InChI=1S/C37H39F3N4O8/c1-51-33-18-25(34(45)42-15-5-8-26(21-42)35(46)47)9-12-32(33)52-28-13-16-41(17-14-28)23-36(48,37(38,39)40)30-22-43(20-24-6-3-2-4-7-24)31-19-27(44(49)50)10-11-29(30)31/h2-4,6-7,9-12,18-19,22,26,28,48H,5,8,13-17,20-21,23H2,1H3,(H,46,47). The lowest BCUT2D eigenvalue weighted by atomic mass is 9.91. The number of aliphatic hydroxyl groups is 1. The molecule has 2 fully saturated rings. The Morgan fingerprint density at radius 3 is 2.37 bits per heavy atom. The van der Waals surface area contributed by atoms with Crippen LogP contribution in [0.5, 0.6) is 11.5 Å². The Kier molecular flexibility index (Phi) is 10.5.